The molecule has 2 N–H and O–H groups in total. The number of ether oxygens (including phenoxy) is 1. The Labute approximate surface area is 97.4 Å². The molecular formula is C11H11ClO4. The normalized spacial score (nSPS) is 16.9. The minimum atomic E-state index is -0.958. The highest BCUT2D eigenvalue weighted by Gasteiger charge is 2.53. The predicted molar refractivity (Wildman–Crippen MR) is 58.2 cm³/mol. The topological polar surface area (TPSA) is 66.8 Å². The number of phenols is 1. The van der Waals surface area contributed by atoms with Gasteiger partial charge in [0.25, 0.3) is 0 Å². The van der Waals surface area contributed by atoms with E-state index in [1.165, 1.54) is 19.2 Å². The van der Waals surface area contributed by atoms with Crippen molar-refractivity contribution in [3.63, 3.8) is 0 Å². The third-order valence-electron chi connectivity index (χ3n) is 2.95. The number of aromatic hydroxyl groups is 1. The first-order valence-corrected chi connectivity index (χ1v) is 5.19. The van der Waals surface area contributed by atoms with Gasteiger partial charge in [-0.15, -0.1) is 0 Å². The molecule has 0 spiro atoms. The van der Waals surface area contributed by atoms with E-state index in [1.807, 2.05) is 0 Å². The summed E-state index contributed by atoms with van der Waals surface area (Å²) in [5, 5.41) is 19.2. The Hall–Kier alpha value is -1.42. The van der Waals surface area contributed by atoms with Crippen LogP contribution in [0.25, 0.3) is 0 Å². The fourth-order valence-electron chi connectivity index (χ4n) is 1.81. The van der Waals surface area contributed by atoms with Gasteiger partial charge in [-0.25, -0.2) is 0 Å². The molecule has 5 heteroatoms. The summed E-state index contributed by atoms with van der Waals surface area (Å²) in [4.78, 5) is 11.1. The highest BCUT2D eigenvalue weighted by molar-refractivity contribution is 6.32. The molecule has 0 unspecified atom stereocenters. The molecule has 2 rings (SSSR count). The third kappa shape index (κ3) is 1.50. The van der Waals surface area contributed by atoms with Crippen molar-refractivity contribution >= 4 is 17.6 Å². The van der Waals surface area contributed by atoms with Crippen molar-refractivity contribution in [1.29, 1.82) is 0 Å². The highest BCUT2D eigenvalue weighted by Crippen LogP contribution is 2.52. The zero-order valence-electron chi connectivity index (χ0n) is 8.66. The summed E-state index contributed by atoms with van der Waals surface area (Å²) < 4.78 is 4.93. The Morgan fingerprint density at radius 2 is 2.12 bits per heavy atom. The number of phenolic OH excluding ortho intramolecular Hbond substituents is 1. The average Bonchev–Trinajstić information content (AvgIpc) is 3.01. The van der Waals surface area contributed by atoms with E-state index < -0.39 is 11.4 Å². The molecule has 0 saturated heterocycles. The smallest absolute Gasteiger partial charge is 0.314 e. The number of carbonyl (C=O) groups is 1. The van der Waals surface area contributed by atoms with Gasteiger partial charge in [0.15, 0.2) is 0 Å². The second kappa shape index (κ2) is 3.56. The van der Waals surface area contributed by atoms with Crippen LogP contribution in [0.3, 0.4) is 0 Å². The summed E-state index contributed by atoms with van der Waals surface area (Å²) >= 11 is 5.91. The molecule has 4 nitrogen and oxygen atoms in total. The lowest BCUT2D eigenvalue weighted by atomic mass is 9.95. The van der Waals surface area contributed by atoms with Gasteiger partial charge in [0.1, 0.15) is 11.5 Å². The Balaban J connectivity index is 2.51. The second-order valence-electron chi connectivity index (χ2n) is 3.89. The van der Waals surface area contributed by atoms with E-state index >= 15 is 0 Å². The number of aliphatic carboxylic acids is 1. The Morgan fingerprint density at radius 1 is 1.50 bits per heavy atom. The number of carboxylic acids is 1. The van der Waals surface area contributed by atoms with Crippen molar-refractivity contribution in [2.75, 3.05) is 7.11 Å². The van der Waals surface area contributed by atoms with Gasteiger partial charge in [0.05, 0.1) is 17.5 Å². The Morgan fingerprint density at radius 3 is 2.56 bits per heavy atom. The van der Waals surface area contributed by atoms with E-state index in [0.717, 1.165) is 0 Å². The van der Waals surface area contributed by atoms with Crippen molar-refractivity contribution in [3.05, 3.63) is 22.7 Å². The first kappa shape index (κ1) is 11.1. The third-order valence-corrected chi connectivity index (χ3v) is 3.24. The number of hydrogen-bond acceptors (Lipinski definition) is 3. The molecule has 1 aromatic rings. The van der Waals surface area contributed by atoms with Crippen LogP contribution in [0.5, 0.6) is 11.5 Å². The van der Waals surface area contributed by atoms with Gasteiger partial charge in [-0.05, 0) is 18.9 Å². The number of halogens is 1. The van der Waals surface area contributed by atoms with Crippen LogP contribution in [0.1, 0.15) is 18.4 Å². The van der Waals surface area contributed by atoms with Gasteiger partial charge >= 0.3 is 5.97 Å². The van der Waals surface area contributed by atoms with Crippen molar-refractivity contribution in [3.8, 4) is 11.5 Å². The molecule has 1 fully saturated rings. The van der Waals surface area contributed by atoms with Gasteiger partial charge in [0, 0.05) is 11.6 Å². The SMILES string of the molecule is COc1cc(O)c(C2(C(=O)O)CC2)cc1Cl. The summed E-state index contributed by atoms with van der Waals surface area (Å²) in [7, 11) is 1.43. The molecule has 0 atom stereocenters. The molecule has 0 heterocycles. The van der Waals surface area contributed by atoms with Crippen LogP contribution < -0.4 is 4.74 Å². The van der Waals surface area contributed by atoms with E-state index in [4.69, 9.17) is 21.4 Å². The van der Waals surface area contributed by atoms with Crippen LogP contribution in [-0.2, 0) is 10.2 Å². The van der Waals surface area contributed by atoms with Crippen molar-refractivity contribution in [1.82, 2.24) is 0 Å². The molecule has 1 aliphatic rings. The maximum atomic E-state index is 11.1. The lowest BCUT2D eigenvalue weighted by Crippen LogP contribution is -2.19. The number of hydrogen-bond donors (Lipinski definition) is 2. The van der Waals surface area contributed by atoms with Crippen molar-refractivity contribution in [2.45, 2.75) is 18.3 Å². The van der Waals surface area contributed by atoms with Crippen LogP contribution in [0.15, 0.2) is 12.1 Å². The molecule has 1 saturated carbocycles. The molecule has 0 radical (unpaired) electrons. The van der Waals surface area contributed by atoms with Crippen LogP contribution >= 0.6 is 11.6 Å². The van der Waals surface area contributed by atoms with E-state index in [-0.39, 0.29) is 5.75 Å². The molecule has 0 aromatic heterocycles. The summed E-state index contributed by atoms with van der Waals surface area (Å²) in [5.41, 5.74) is -0.592. The van der Waals surface area contributed by atoms with Gasteiger partial charge < -0.3 is 14.9 Å². The first-order chi connectivity index (χ1) is 7.51. The van der Waals surface area contributed by atoms with Gasteiger partial charge in [-0.1, -0.05) is 11.6 Å². The minimum Gasteiger partial charge on any atom is -0.507 e. The van der Waals surface area contributed by atoms with Crippen molar-refractivity contribution < 1.29 is 19.7 Å². The Bertz CT molecular complexity index is 452. The highest BCUT2D eigenvalue weighted by atomic mass is 35.5. The summed E-state index contributed by atoms with van der Waals surface area (Å²) in [6.45, 7) is 0. The standard InChI is InChI=1S/C11H11ClO4/c1-16-9-5-8(13)6(4-7(9)12)11(2-3-11)10(14)15/h4-5,13H,2-3H2,1H3,(H,14,15). The maximum Gasteiger partial charge on any atom is 0.314 e. The fourth-order valence-corrected chi connectivity index (χ4v) is 2.05. The Kier molecular flexibility index (Phi) is 2.46. The van der Waals surface area contributed by atoms with E-state index in [1.54, 1.807) is 0 Å². The fraction of sp³-hybridized carbons (Fsp3) is 0.364. The quantitative estimate of drug-likeness (QED) is 0.853. The van der Waals surface area contributed by atoms with E-state index in [9.17, 15) is 9.90 Å². The molecule has 1 aromatic carbocycles. The largest absolute Gasteiger partial charge is 0.507 e. The average molecular weight is 243 g/mol. The van der Waals surface area contributed by atoms with E-state index in [2.05, 4.69) is 0 Å². The molecule has 0 bridgehead atoms. The molecule has 16 heavy (non-hydrogen) atoms. The maximum absolute atomic E-state index is 11.1. The van der Waals surface area contributed by atoms with Crippen LogP contribution in [0.4, 0.5) is 0 Å². The molecule has 1 aliphatic carbocycles. The predicted octanol–water partition coefficient (Wildman–Crippen LogP) is 2.17. The van der Waals surface area contributed by atoms with Gasteiger partial charge in [0.2, 0.25) is 0 Å². The van der Waals surface area contributed by atoms with Gasteiger partial charge in [-0.3, -0.25) is 4.79 Å². The lowest BCUT2D eigenvalue weighted by Gasteiger charge is -2.14. The molecule has 86 valence electrons. The number of methoxy groups -OCH3 is 1. The molecule has 0 aliphatic heterocycles. The van der Waals surface area contributed by atoms with Crippen LogP contribution in [0, 0.1) is 0 Å². The lowest BCUT2D eigenvalue weighted by molar-refractivity contribution is -0.140. The second-order valence-corrected chi connectivity index (χ2v) is 4.30. The van der Waals surface area contributed by atoms with E-state index in [0.29, 0.717) is 29.2 Å². The molecular weight excluding hydrogens is 232 g/mol. The first-order valence-electron chi connectivity index (χ1n) is 4.81. The number of carboxylic acid groups (broad SMARTS) is 1. The monoisotopic (exact) mass is 242 g/mol. The summed E-state index contributed by atoms with van der Waals surface area (Å²) in [5.74, 6) is -0.672. The number of benzene rings is 1. The van der Waals surface area contributed by atoms with Crippen molar-refractivity contribution in [2.24, 2.45) is 0 Å². The summed E-state index contributed by atoms with van der Waals surface area (Å²) in [6, 6.07) is 2.82. The van der Waals surface area contributed by atoms with Gasteiger partial charge in [-0.2, -0.15) is 0 Å². The van der Waals surface area contributed by atoms with Crippen LogP contribution in [0.2, 0.25) is 5.02 Å². The van der Waals surface area contributed by atoms with Crippen LogP contribution in [-0.4, -0.2) is 23.3 Å². The zero-order chi connectivity index (χ0) is 11.9. The minimum absolute atomic E-state index is 0.0823. The summed E-state index contributed by atoms with van der Waals surface area (Å²) in [6.07, 6.45) is 1.05. The molecule has 0 amide bonds. The zero-order valence-corrected chi connectivity index (χ0v) is 9.41. The number of rotatable bonds is 3.